The number of benzene rings is 1. The number of amides is 1. The highest BCUT2D eigenvalue weighted by molar-refractivity contribution is 5.76. The van der Waals surface area contributed by atoms with E-state index in [1.165, 1.54) is 11.3 Å². The van der Waals surface area contributed by atoms with Gasteiger partial charge in [0, 0.05) is 25.2 Å². The normalized spacial score (nSPS) is 13.6. The first-order valence-corrected chi connectivity index (χ1v) is 8.28. The van der Waals surface area contributed by atoms with E-state index in [2.05, 4.69) is 49.4 Å². The molecule has 1 amide bonds. The monoisotopic (exact) mass is 313 g/mol. The van der Waals surface area contributed by atoms with Gasteiger partial charge in [0.1, 0.15) is 0 Å². The number of nitrogens with zero attached hydrogens (tertiary/aromatic N) is 2. The lowest BCUT2D eigenvalue weighted by molar-refractivity contribution is -0.121. The molecule has 23 heavy (non-hydrogen) atoms. The molecule has 0 bridgehead atoms. The van der Waals surface area contributed by atoms with E-state index in [9.17, 15) is 4.79 Å². The van der Waals surface area contributed by atoms with E-state index in [0.29, 0.717) is 18.9 Å². The van der Waals surface area contributed by atoms with Crippen molar-refractivity contribution in [3.05, 3.63) is 53.3 Å². The van der Waals surface area contributed by atoms with Crippen molar-refractivity contribution in [2.24, 2.45) is 5.92 Å². The lowest BCUT2D eigenvalue weighted by Gasteiger charge is -2.16. The quantitative estimate of drug-likeness (QED) is 0.851. The summed E-state index contributed by atoms with van der Waals surface area (Å²) in [6.07, 6.45) is 0.524. The summed E-state index contributed by atoms with van der Waals surface area (Å²) < 4.78 is 2.01. The summed E-state index contributed by atoms with van der Waals surface area (Å²) in [6, 6.07) is 12.2. The second-order valence-electron chi connectivity index (χ2n) is 6.53. The fourth-order valence-corrected chi connectivity index (χ4v) is 2.76. The van der Waals surface area contributed by atoms with Crippen LogP contribution in [-0.4, -0.2) is 22.2 Å². The van der Waals surface area contributed by atoms with Crippen molar-refractivity contribution in [3.8, 4) is 0 Å². The van der Waals surface area contributed by atoms with Crippen LogP contribution in [0.3, 0.4) is 0 Å². The number of hydrogen-bond donors (Lipinski definition) is 1. The Kier molecular flexibility index (Phi) is 5.97. The maximum absolute atomic E-state index is 12.1. The molecule has 0 radical (unpaired) electrons. The third-order valence-corrected chi connectivity index (χ3v) is 4.10. The van der Waals surface area contributed by atoms with Gasteiger partial charge in [-0.3, -0.25) is 9.48 Å². The van der Waals surface area contributed by atoms with Gasteiger partial charge in [0.05, 0.1) is 5.69 Å². The van der Waals surface area contributed by atoms with E-state index >= 15 is 0 Å². The van der Waals surface area contributed by atoms with Gasteiger partial charge in [0.2, 0.25) is 5.91 Å². The van der Waals surface area contributed by atoms with Gasteiger partial charge in [-0.05, 0) is 37.3 Å². The van der Waals surface area contributed by atoms with Crippen LogP contribution >= 0.6 is 0 Å². The number of hydrogen-bond acceptors (Lipinski definition) is 2. The zero-order chi connectivity index (χ0) is 16.8. The average Bonchev–Trinajstić information content (AvgIpc) is 2.83. The smallest absolute Gasteiger partial charge is 0.220 e. The summed E-state index contributed by atoms with van der Waals surface area (Å²) in [4.78, 5) is 12.1. The minimum absolute atomic E-state index is 0.113. The SMILES string of the molecule is Cc1cc(C)n(C[C@@H](C)CNC(=O)C[C@@H](C)c2ccccc2)n1. The molecular formula is C19H27N3O. The zero-order valence-electron chi connectivity index (χ0n) is 14.5. The van der Waals surface area contributed by atoms with Gasteiger partial charge >= 0.3 is 0 Å². The number of rotatable bonds is 7. The predicted molar refractivity (Wildman–Crippen MR) is 93.3 cm³/mol. The molecule has 4 heteroatoms. The van der Waals surface area contributed by atoms with E-state index in [1.807, 2.05) is 29.8 Å². The van der Waals surface area contributed by atoms with Crippen LogP contribution in [0.1, 0.15) is 43.1 Å². The Morgan fingerprint density at radius 2 is 1.91 bits per heavy atom. The molecule has 124 valence electrons. The van der Waals surface area contributed by atoms with E-state index < -0.39 is 0 Å². The average molecular weight is 313 g/mol. The van der Waals surface area contributed by atoms with Crippen LogP contribution in [0.25, 0.3) is 0 Å². The molecule has 2 rings (SSSR count). The van der Waals surface area contributed by atoms with E-state index in [1.54, 1.807) is 0 Å². The summed E-state index contributed by atoms with van der Waals surface area (Å²) in [5, 5.41) is 7.52. The van der Waals surface area contributed by atoms with Gasteiger partial charge in [-0.25, -0.2) is 0 Å². The maximum Gasteiger partial charge on any atom is 0.220 e. The van der Waals surface area contributed by atoms with Crippen LogP contribution < -0.4 is 5.32 Å². The molecule has 0 saturated heterocycles. The van der Waals surface area contributed by atoms with E-state index in [4.69, 9.17) is 0 Å². The lowest BCUT2D eigenvalue weighted by Crippen LogP contribution is -2.31. The fourth-order valence-electron chi connectivity index (χ4n) is 2.76. The number of aromatic nitrogens is 2. The Morgan fingerprint density at radius 1 is 1.22 bits per heavy atom. The molecule has 4 nitrogen and oxygen atoms in total. The molecule has 1 aromatic carbocycles. The summed E-state index contributed by atoms with van der Waals surface area (Å²) in [5.41, 5.74) is 3.41. The number of aryl methyl sites for hydroxylation is 2. The fraction of sp³-hybridized carbons (Fsp3) is 0.474. The molecular weight excluding hydrogens is 286 g/mol. The molecule has 0 unspecified atom stereocenters. The molecule has 0 aliphatic carbocycles. The molecule has 2 atom stereocenters. The van der Waals surface area contributed by atoms with Gasteiger partial charge < -0.3 is 5.32 Å². The maximum atomic E-state index is 12.1. The molecule has 0 saturated carbocycles. The molecule has 0 aliphatic heterocycles. The van der Waals surface area contributed by atoms with Gasteiger partial charge in [-0.15, -0.1) is 0 Å². The molecule has 1 heterocycles. The summed E-state index contributed by atoms with van der Waals surface area (Å²) >= 11 is 0. The number of nitrogens with one attached hydrogen (secondary N) is 1. The van der Waals surface area contributed by atoms with Crippen molar-refractivity contribution >= 4 is 5.91 Å². The summed E-state index contributed by atoms with van der Waals surface area (Å²) in [6.45, 7) is 9.80. The van der Waals surface area contributed by atoms with Crippen LogP contribution in [0, 0.1) is 19.8 Å². The van der Waals surface area contributed by atoms with Gasteiger partial charge in [-0.1, -0.05) is 44.2 Å². The third kappa shape index (κ3) is 5.23. The van der Waals surface area contributed by atoms with Crippen LogP contribution in [-0.2, 0) is 11.3 Å². The number of carbonyl (C=O) groups excluding carboxylic acids is 1. The third-order valence-electron chi connectivity index (χ3n) is 4.10. The first-order chi connectivity index (χ1) is 11.0. The molecule has 1 aromatic heterocycles. The first-order valence-electron chi connectivity index (χ1n) is 8.28. The van der Waals surface area contributed by atoms with Crippen molar-refractivity contribution in [3.63, 3.8) is 0 Å². The molecule has 0 fully saturated rings. The van der Waals surface area contributed by atoms with Gasteiger partial charge in [0.15, 0.2) is 0 Å². The molecule has 1 N–H and O–H groups in total. The second kappa shape index (κ2) is 7.95. The van der Waals surface area contributed by atoms with Gasteiger partial charge in [-0.2, -0.15) is 5.10 Å². The van der Waals surface area contributed by atoms with E-state index in [-0.39, 0.29) is 11.8 Å². The minimum Gasteiger partial charge on any atom is -0.356 e. The standard InChI is InChI=1S/C19H27N3O/c1-14(13-22-17(4)11-16(3)21-22)12-20-19(23)10-15(2)18-8-6-5-7-9-18/h5-9,11,14-15H,10,12-13H2,1-4H3,(H,20,23)/t14-,15+/m0/s1. The molecule has 0 spiro atoms. The number of carbonyl (C=O) groups is 1. The Morgan fingerprint density at radius 3 is 2.52 bits per heavy atom. The van der Waals surface area contributed by atoms with Crippen molar-refractivity contribution in [1.29, 1.82) is 0 Å². The van der Waals surface area contributed by atoms with Crippen LogP contribution in [0.5, 0.6) is 0 Å². The minimum atomic E-state index is 0.113. The molecule has 2 aromatic rings. The van der Waals surface area contributed by atoms with Crippen LogP contribution in [0.2, 0.25) is 0 Å². The predicted octanol–water partition coefficient (Wildman–Crippen LogP) is 3.45. The highest BCUT2D eigenvalue weighted by atomic mass is 16.1. The van der Waals surface area contributed by atoms with Crippen molar-refractivity contribution < 1.29 is 4.79 Å². The Bertz CT molecular complexity index is 633. The van der Waals surface area contributed by atoms with Crippen molar-refractivity contribution in [2.45, 2.75) is 46.6 Å². The largest absolute Gasteiger partial charge is 0.356 e. The Hall–Kier alpha value is -2.10. The lowest BCUT2D eigenvalue weighted by atomic mass is 9.97. The van der Waals surface area contributed by atoms with Crippen LogP contribution in [0.4, 0.5) is 0 Å². The highest BCUT2D eigenvalue weighted by Gasteiger charge is 2.13. The zero-order valence-corrected chi connectivity index (χ0v) is 14.5. The van der Waals surface area contributed by atoms with E-state index in [0.717, 1.165) is 12.2 Å². The van der Waals surface area contributed by atoms with Gasteiger partial charge in [0.25, 0.3) is 0 Å². The summed E-state index contributed by atoms with van der Waals surface area (Å²) in [7, 11) is 0. The Balaban J connectivity index is 1.76. The second-order valence-corrected chi connectivity index (χ2v) is 6.53. The first kappa shape index (κ1) is 17.3. The van der Waals surface area contributed by atoms with Crippen molar-refractivity contribution in [1.82, 2.24) is 15.1 Å². The van der Waals surface area contributed by atoms with Crippen molar-refractivity contribution in [2.75, 3.05) is 6.54 Å². The Labute approximate surface area is 138 Å². The molecule has 0 aliphatic rings. The highest BCUT2D eigenvalue weighted by Crippen LogP contribution is 2.18. The van der Waals surface area contributed by atoms with Crippen LogP contribution in [0.15, 0.2) is 36.4 Å². The summed E-state index contributed by atoms with van der Waals surface area (Å²) in [5.74, 6) is 0.702. The topological polar surface area (TPSA) is 46.9 Å².